The molecule has 13 heavy (non-hydrogen) atoms. The summed E-state index contributed by atoms with van der Waals surface area (Å²) in [5.74, 6) is 0. The zero-order chi connectivity index (χ0) is 10.7. The molecule has 0 saturated heterocycles. The van der Waals surface area contributed by atoms with Crippen LogP contribution in [-0.4, -0.2) is 27.0 Å². The Bertz CT molecular complexity index is 284. The monoisotopic (exact) mass is 225 g/mol. The van der Waals surface area contributed by atoms with Crippen LogP contribution >= 0.6 is 12.2 Å². The van der Waals surface area contributed by atoms with Crippen molar-refractivity contribution in [2.75, 3.05) is 13.6 Å². The second kappa shape index (κ2) is 4.32. The van der Waals surface area contributed by atoms with Gasteiger partial charge in [0.25, 0.3) is 10.2 Å². The molecule has 0 aliphatic heterocycles. The second-order valence-corrected chi connectivity index (χ2v) is 5.42. The van der Waals surface area contributed by atoms with E-state index >= 15 is 0 Å². The van der Waals surface area contributed by atoms with Gasteiger partial charge in [0.15, 0.2) is 0 Å². The van der Waals surface area contributed by atoms with Gasteiger partial charge in [0, 0.05) is 19.0 Å². The molecule has 4 N–H and O–H groups in total. The lowest BCUT2D eigenvalue weighted by Gasteiger charge is -2.22. The zero-order valence-electron chi connectivity index (χ0n) is 7.92. The summed E-state index contributed by atoms with van der Waals surface area (Å²) in [6, 6.07) is 0. The van der Waals surface area contributed by atoms with Crippen LogP contribution in [0.25, 0.3) is 0 Å². The van der Waals surface area contributed by atoms with E-state index < -0.39 is 15.6 Å². The van der Waals surface area contributed by atoms with Crippen LogP contribution < -0.4 is 15.2 Å². The van der Waals surface area contributed by atoms with Gasteiger partial charge < -0.3 is 5.73 Å². The Hall–Kier alpha value is -0.240. The second-order valence-electron chi connectivity index (χ2n) is 3.28. The molecule has 0 fully saturated rings. The molecule has 0 radical (unpaired) electrons. The fourth-order valence-corrected chi connectivity index (χ4v) is 1.20. The molecule has 0 atom stereocenters. The molecular weight excluding hydrogens is 210 g/mol. The Morgan fingerprint density at radius 3 is 2.31 bits per heavy atom. The maximum absolute atomic E-state index is 11.0. The molecular formula is C6H15N3O2S2. The molecule has 78 valence electrons. The van der Waals surface area contributed by atoms with Gasteiger partial charge in [-0.25, -0.2) is 9.44 Å². The first-order chi connectivity index (χ1) is 5.71. The van der Waals surface area contributed by atoms with Crippen molar-refractivity contribution in [3.05, 3.63) is 0 Å². The third-order valence-corrected chi connectivity index (χ3v) is 3.25. The van der Waals surface area contributed by atoms with Crippen molar-refractivity contribution in [2.24, 2.45) is 11.1 Å². The Morgan fingerprint density at radius 1 is 1.54 bits per heavy atom. The van der Waals surface area contributed by atoms with Gasteiger partial charge in [0.1, 0.15) is 0 Å². The molecule has 0 aromatic carbocycles. The molecule has 0 saturated carbocycles. The molecule has 0 heterocycles. The van der Waals surface area contributed by atoms with E-state index in [0.717, 1.165) is 0 Å². The van der Waals surface area contributed by atoms with E-state index in [1.807, 2.05) is 0 Å². The van der Waals surface area contributed by atoms with Crippen molar-refractivity contribution in [1.82, 2.24) is 9.44 Å². The Balaban J connectivity index is 4.26. The van der Waals surface area contributed by atoms with Crippen LogP contribution in [0.1, 0.15) is 13.8 Å². The number of nitrogens with one attached hydrogen (secondary N) is 2. The molecule has 0 aliphatic rings. The molecule has 0 spiro atoms. The molecule has 7 heteroatoms. The topological polar surface area (TPSA) is 84.2 Å². The number of hydrogen-bond donors (Lipinski definition) is 3. The molecule has 0 amide bonds. The number of thiocarbonyl (C=S) groups is 1. The molecule has 0 bridgehead atoms. The highest BCUT2D eigenvalue weighted by molar-refractivity contribution is 7.87. The lowest BCUT2D eigenvalue weighted by atomic mass is 9.94. The summed E-state index contributed by atoms with van der Waals surface area (Å²) in [6.07, 6.45) is 0. The van der Waals surface area contributed by atoms with Crippen LogP contribution in [-0.2, 0) is 10.2 Å². The first kappa shape index (κ1) is 12.8. The van der Waals surface area contributed by atoms with E-state index in [4.69, 9.17) is 18.0 Å². The first-order valence-electron chi connectivity index (χ1n) is 3.69. The van der Waals surface area contributed by atoms with Crippen LogP contribution in [0.2, 0.25) is 0 Å². The summed E-state index contributed by atoms with van der Waals surface area (Å²) in [5.41, 5.74) is 4.90. The van der Waals surface area contributed by atoms with Gasteiger partial charge in [-0.15, -0.1) is 0 Å². The Labute approximate surface area is 84.3 Å². The van der Waals surface area contributed by atoms with Crippen molar-refractivity contribution in [3.8, 4) is 0 Å². The van der Waals surface area contributed by atoms with Crippen molar-refractivity contribution in [2.45, 2.75) is 13.8 Å². The van der Waals surface area contributed by atoms with Crippen LogP contribution in [0.15, 0.2) is 0 Å². The summed E-state index contributed by atoms with van der Waals surface area (Å²) in [6.45, 7) is 3.73. The number of nitrogens with two attached hydrogens (primary N) is 1. The average Bonchev–Trinajstić information content (AvgIpc) is 2.01. The van der Waals surface area contributed by atoms with E-state index in [1.165, 1.54) is 7.05 Å². The maximum Gasteiger partial charge on any atom is 0.276 e. The van der Waals surface area contributed by atoms with Crippen molar-refractivity contribution >= 4 is 27.4 Å². The quantitative estimate of drug-likeness (QED) is 0.543. The molecule has 0 unspecified atom stereocenters. The van der Waals surface area contributed by atoms with Crippen LogP contribution in [0.5, 0.6) is 0 Å². The lowest BCUT2D eigenvalue weighted by molar-refractivity contribution is 0.498. The van der Waals surface area contributed by atoms with E-state index in [1.54, 1.807) is 13.8 Å². The predicted molar refractivity (Wildman–Crippen MR) is 56.5 cm³/mol. The highest BCUT2D eigenvalue weighted by Crippen LogP contribution is 2.13. The highest BCUT2D eigenvalue weighted by Gasteiger charge is 2.23. The SMILES string of the molecule is CNS(=O)(=O)NCC(C)(C)C(N)=S. The van der Waals surface area contributed by atoms with E-state index in [-0.39, 0.29) is 11.5 Å². The minimum atomic E-state index is -3.40. The zero-order valence-corrected chi connectivity index (χ0v) is 9.55. The van der Waals surface area contributed by atoms with E-state index in [0.29, 0.717) is 0 Å². The minimum Gasteiger partial charge on any atom is -0.393 e. The van der Waals surface area contributed by atoms with Crippen molar-refractivity contribution in [3.63, 3.8) is 0 Å². The summed E-state index contributed by atoms with van der Waals surface area (Å²) < 4.78 is 26.4. The molecule has 0 aromatic heterocycles. The fourth-order valence-electron chi connectivity index (χ4n) is 0.435. The normalized spacial score (nSPS) is 12.8. The van der Waals surface area contributed by atoms with Crippen LogP contribution in [0, 0.1) is 5.41 Å². The standard InChI is InChI=1S/C6H15N3O2S2/c1-6(2,5(7)12)4-9-13(10,11)8-3/h8-9H,4H2,1-3H3,(H2,7,12). The van der Waals surface area contributed by atoms with Crippen LogP contribution in [0.4, 0.5) is 0 Å². The number of hydrogen-bond acceptors (Lipinski definition) is 3. The van der Waals surface area contributed by atoms with Crippen molar-refractivity contribution < 1.29 is 8.42 Å². The smallest absolute Gasteiger partial charge is 0.276 e. The molecule has 0 rings (SSSR count). The maximum atomic E-state index is 11.0. The summed E-state index contributed by atoms with van der Waals surface area (Å²) in [4.78, 5) is 0.284. The number of rotatable bonds is 5. The third kappa shape index (κ3) is 4.51. The van der Waals surface area contributed by atoms with Gasteiger partial charge >= 0.3 is 0 Å². The highest BCUT2D eigenvalue weighted by atomic mass is 32.2. The van der Waals surface area contributed by atoms with Gasteiger partial charge in [-0.3, -0.25) is 0 Å². The summed E-state index contributed by atoms with van der Waals surface area (Å²) >= 11 is 4.78. The third-order valence-electron chi connectivity index (χ3n) is 1.64. The largest absolute Gasteiger partial charge is 0.393 e. The fraction of sp³-hybridized carbons (Fsp3) is 0.833. The molecule has 5 nitrogen and oxygen atoms in total. The molecule has 0 aliphatic carbocycles. The summed E-state index contributed by atoms with van der Waals surface area (Å²) in [7, 11) is -2.07. The van der Waals surface area contributed by atoms with Crippen molar-refractivity contribution in [1.29, 1.82) is 0 Å². The lowest BCUT2D eigenvalue weighted by Crippen LogP contribution is -2.44. The predicted octanol–water partition coefficient (Wildman–Crippen LogP) is -0.647. The Morgan fingerprint density at radius 2 is 2.00 bits per heavy atom. The Kier molecular flexibility index (Phi) is 4.24. The average molecular weight is 225 g/mol. The van der Waals surface area contributed by atoms with Gasteiger partial charge in [-0.1, -0.05) is 26.1 Å². The van der Waals surface area contributed by atoms with Gasteiger partial charge in [-0.05, 0) is 0 Å². The van der Waals surface area contributed by atoms with Gasteiger partial charge in [0.2, 0.25) is 0 Å². The van der Waals surface area contributed by atoms with E-state index in [9.17, 15) is 8.42 Å². The molecule has 0 aromatic rings. The van der Waals surface area contributed by atoms with Gasteiger partial charge in [-0.2, -0.15) is 8.42 Å². The van der Waals surface area contributed by atoms with E-state index in [2.05, 4.69) is 9.44 Å². The van der Waals surface area contributed by atoms with Gasteiger partial charge in [0.05, 0.1) is 4.99 Å². The summed E-state index contributed by atoms with van der Waals surface area (Å²) in [5, 5.41) is 0. The van der Waals surface area contributed by atoms with Crippen LogP contribution in [0.3, 0.4) is 0 Å². The first-order valence-corrected chi connectivity index (χ1v) is 5.58. The minimum absolute atomic E-state index is 0.186.